The van der Waals surface area contributed by atoms with Crippen LogP contribution in [-0.4, -0.2) is 25.2 Å². The molecule has 2 aromatic carbocycles. The van der Waals surface area contributed by atoms with Crippen LogP contribution in [-0.2, 0) is 7.05 Å². The van der Waals surface area contributed by atoms with Crippen molar-refractivity contribution in [3.63, 3.8) is 0 Å². The van der Waals surface area contributed by atoms with Crippen molar-refractivity contribution < 1.29 is 4.79 Å². The molecular formula is C21H19N5O. The lowest BCUT2D eigenvalue weighted by molar-refractivity contribution is 0.0941. The first-order chi connectivity index (χ1) is 13.2. The number of hydrogen-bond acceptors (Lipinski definition) is 3. The lowest BCUT2D eigenvalue weighted by atomic mass is 10.1. The van der Waals surface area contributed by atoms with Gasteiger partial charge in [0.2, 0.25) is 0 Å². The molecule has 1 atom stereocenters. The van der Waals surface area contributed by atoms with Crippen LogP contribution >= 0.6 is 0 Å². The molecule has 0 aliphatic rings. The zero-order valence-electron chi connectivity index (χ0n) is 14.9. The van der Waals surface area contributed by atoms with Gasteiger partial charge in [-0.05, 0) is 35.9 Å². The summed E-state index contributed by atoms with van der Waals surface area (Å²) in [7, 11) is 1.92. The summed E-state index contributed by atoms with van der Waals surface area (Å²) in [5, 5.41) is 7.30. The summed E-state index contributed by atoms with van der Waals surface area (Å²) in [6.45, 7) is 0. The highest BCUT2D eigenvalue weighted by molar-refractivity contribution is 5.94. The maximum absolute atomic E-state index is 12.9. The second-order valence-corrected chi connectivity index (χ2v) is 6.21. The molecule has 1 unspecified atom stereocenters. The Morgan fingerprint density at radius 2 is 1.74 bits per heavy atom. The Balaban J connectivity index is 1.59. The van der Waals surface area contributed by atoms with Crippen LogP contribution in [0.1, 0.15) is 27.8 Å². The number of amides is 1. The first-order valence-electron chi connectivity index (χ1n) is 8.65. The summed E-state index contributed by atoms with van der Waals surface area (Å²) >= 11 is 0. The van der Waals surface area contributed by atoms with E-state index in [-0.39, 0.29) is 11.9 Å². The Bertz CT molecular complexity index is 1020. The van der Waals surface area contributed by atoms with Gasteiger partial charge in [-0.1, -0.05) is 30.3 Å². The van der Waals surface area contributed by atoms with Gasteiger partial charge in [0, 0.05) is 37.4 Å². The Kier molecular flexibility index (Phi) is 4.53. The number of aryl methyl sites for hydroxylation is 1. The van der Waals surface area contributed by atoms with Gasteiger partial charge in [0.15, 0.2) is 0 Å². The number of nitrogens with zero attached hydrogens (tertiary/aromatic N) is 4. The van der Waals surface area contributed by atoms with Crippen molar-refractivity contribution >= 4 is 5.91 Å². The van der Waals surface area contributed by atoms with Gasteiger partial charge < -0.3 is 9.88 Å². The summed E-state index contributed by atoms with van der Waals surface area (Å²) in [6, 6.07) is 18.7. The third-order valence-electron chi connectivity index (χ3n) is 4.42. The van der Waals surface area contributed by atoms with E-state index in [1.54, 1.807) is 29.2 Å². The van der Waals surface area contributed by atoms with E-state index in [0.29, 0.717) is 5.56 Å². The van der Waals surface area contributed by atoms with Gasteiger partial charge in [-0.25, -0.2) is 9.67 Å². The Morgan fingerprint density at radius 1 is 0.963 bits per heavy atom. The predicted molar refractivity (Wildman–Crippen MR) is 103 cm³/mol. The number of imidazole rings is 1. The SMILES string of the molecule is Cn1ccnc1C(NC(=O)c1ccc(-n2cccn2)cc1)c1ccccc1. The van der Waals surface area contributed by atoms with E-state index in [4.69, 9.17) is 0 Å². The average molecular weight is 357 g/mol. The number of hydrogen-bond donors (Lipinski definition) is 1. The molecular weight excluding hydrogens is 338 g/mol. The summed E-state index contributed by atoms with van der Waals surface area (Å²) in [5.74, 6) is 0.626. The summed E-state index contributed by atoms with van der Waals surface area (Å²) in [4.78, 5) is 17.3. The first kappa shape index (κ1) is 16.8. The van der Waals surface area contributed by atoms with Gasteiger partial charge in [0.25, 0.3) is 5.91 Å². The molecule has 2 heterocycles. The van der Waals surface area contributed by atoms with E-state index in [2.05, 4.69) is 15.4 Å². The van der Waals surface area contributed by atoms with E-state index < -0.39 is 0 Å². The molecule has 4 rings (SSSR count). The number of carbonyl (C=O) groups excluding carboxylic acids is 1. The molecule has 134 valence electrons. The number of rotatable bonds is 5. The maximum atomic E-state index is 12.9. The van der Waals surface area contributed by atoms with Crippen LogP contribution in [0.2, 0.25) is 0 Å². The van der Waals surface area contributed by atoms with E-state index in [0.717, 1.165) is 17.1 Å². The topological polar surface area (TPSA) is 64.7 Å². The molecule has 0 spiro atoms. The third kappa shape index (κ3) is 3.50. The zero-order chi connectivity index (χ0) is 18.6. The Labute approximate surface area is 157 Å². The highest BCUT2D eigenvalue weighted by Gasteiger charge is 2.21. The summed E-state index contributed by atoms with van der Waals surface area (Å²) < 4.78 is 3.67. The number of nitrogens with one attached hydrogen (secondary N) is 1. The van der Waals surface area contributed by atoms with Gasteiger partial charge in [0.05, 0.1) is 5.69 Å². The predicted octanol–water partition coefficient (Wildman–Crippen LogP) is 3.13. The molecule has 0 fully saturated rings. The van der Waals surface area contributed by atoms with E-state index in [9.17, 15) is 4.79 Å². The van der Waals surface area contributed by atoms with Gasteiger partial charge >= 0.3 is 0 Å². The van der Waals surface area contributed by atoms with Gasteiger partial charge in [-0.15, -0.1) is 0 Å². The minimum absolute atomic E-state index is 0.154. The van der Waals surface area contributed by atoms with Gasteiger partial charge in [-0.3, -0.25) is 4.79 Å². The van der Waals surface area contributed by atoms with Crippen LogP contribution < -0.4 is 5.32 Å². The van der Waals surface area contributed by atoms with Crippen LogP contribution in [0.3, 0.4) is 0 Å². The van der Waals surface area contributed by atoms with Crippen LogP contribution in [0.5, 0.6) is 0 Å². The fourth-order valence-electron chi connectivity index (χ4n) is 3.00. The quantitative estimate of drug-likeness (QED) is 0.597. The first-order valence-corrected chi connectivity index (χ1v) is 8.65. The molecule has 0 radical (unpaired) electrons. The van der Waals surface area contributed by atoms with Crippen molar-refractivity contribution in [2.45, 2.75) is 6.04 Å². The fraction of sp³-hybridized carbons (Fsp3) is 0.0952. The monoisotopic (exact) mass is 357 g/mol. The minimum Gasteiger partial charge on any atom is -0.338 e. The maximum Gasteiger partial charge on any atom is 0.252 e. The largest absolute Gasteiger partial charge is 0.338 e. The van der Waals surface area contributed by atoms with Crippen molar-refractivity contribution in [1.29, 1.82) is 0 Å². The molecule has 27 heavy (non-hydrogen) atoms. The molecule has 6 nitrogen and oxygen atoms in total. The summed E-state index contributed by atoms with van der Waals surface area (Å²) in [5.41, 5.74) is 2.47. The lowest BCUT2D eigenvalue weighted by Gasteiger charge is -2.19. The van der Waals surface area contributed by atoms with Gasteiger partial charge in [-0.2, -0.15) is 5.10 Å². The van der Waals surface area contributed by atoms with Crippen LogP contribution in [0, 0.1) is 0 Å². The summed E-state index contributed by atoms with van der Waals surface area (Å²) in [6.07, 6.45) is 7.19. The zero-order valence-corrected chi connectivity index (χ0v) is 14.9. The molecule has 0 aliphatic heterocycles. The van der Waals surface area contributed by atoms with E-state index in [1.807, 2.05) is 72.5 Å². The van der Waals surface area contributed by atoms with Crippen molar-refractivity contribution in [3.05, 3.63) is 102 Å². The minimum atomic E-state index is -0.329. The van der Waals surface area contributed by atoms with Crippen LogP contribution in [0.15, 0.2) is 85.5 Å². The fourth-order valence-corrected chi connectivity index (χ4v) is 3.00. The molecule has 0 saturated carbocycles. The van der Waals surface area contributed by atoms with Gasteiger partial charge in [0.1, 0.15) is 11.9 Å². The van der Waals surface area contributed by atoms with Crippen molar-refractivity contribution in [3.8, 4) is 5.69 Å². The normalized spacial score (nSPS) is 11.9. The average Bonchev–Trinajstić information content (AvgIpc) is 3.39. The second-order valence-electron chi connectivity index (χ2n) is 6.21. The molecule has 0 aliphatic carbocycles. The molecule has 1 amide bonds. The highest BCUT2D eigenvalue weighted by Crippen LogP contribution is 2.21. The second kappa shape index (κ2) is 7.29. The highest BCUT2D eigenvalue weighted by atomic mass is 16.1. The van der Waals surface area contributed by atoms with Crippen molar-refractivity contribution in [1.82, 2.24) is 24.6 Å². The smallest absolute Gasteiger partial charge is 0.252 e. The lowest BCUT2D eigenvalue weighted by Crippen LogP contribution is -2.31. The molecule has 4 aromatic rings. The number of benzene rings is 2. The molecule has 0 saturated heterocycles. The number of carbonyl (C=O) groups is 1. The third-order valence-corrected chi connectivity index (χ3v) is 4.42. The van der Waals surface area contributed by atoms with Crippen molar-refractivity contribution in [2.24, 2.45) is 7.05 Å². The Hall–Kier alpha value is -3.67. The molecule has 2 aromatic heterocycles. The van der Waals surface area contributed by atoms with E-state index in [1.165, 1.54) is 0 Å². The number of aromatic nitrogens is 4. The molecule has 6 heteroatoms. The van der Waals surface area contributed by atoms with Crippen LogP contribution in [0.25, 0.3) is 5.69 Å². The Morgan fingerprint density at radius 3 is 2.37 bits per heavy atom. The molecule has 1 N–H and O–H groups in total. The van der Waals surface area contributed by atoms with Crippen LogP contribution in [0.4, 0.5) is 0 Å². The van der Waals surface area contributed by atoms with E-state index >= 15 is 0 Å². The molecule has 0 bridgehead atoms. The van der Waals surface area contributed by atoms with Crippen molar-refractivity contribution in [2.75, 3.05) is 0 Å². The standard InChI is InChI=1S/C21H19N5O/c1-25-15-13-22-20(25)19(16-6-3-2-4-7-16)24-21(27)17-8-10-18(11-9-17)26-14-5-12-23-26/h2-15,19H,1H3,(H,24,27).